The Bertz CT molecular complexity index is 711. The van der Waals surface area contributed by atoms with Gasteiger partial charge in [0.2, 0.25) is 0 Å². The molecule has 0 bridgehead atoms. The lowest BCUT2D eigenvalue weighted by Crippen LogP contribution is -2.36. The summed E-state index contributed by atoms with van der Waals surface area (Å²) in [5.41, 5.74) is 2.04. The van der Waals surface area contributed by atoms with Crippen LogP contribution in [0.4, 0.5) is 5.69 Å². The van der Waals surface area contributed by atoms with Crippen molar-refractivity contribution in [1.82, 2.24) is 4.90 Å². The summed E-state index contributed by atoms with van der Waals surface area (Å²) in [7, 11) is 0. The molecule has 0 aliphatic heterocycles. The summed E-state index contributed by atoms with van der Waals surface area (Å²) in [6.45, 7) is 6.07. The maximum absolute atomic E-state index is 12.8. The van der Waals surface area contributed by atoms with E-state index in [2.05, 4.69) is 0 Å². The molecule has 0 fully saturated rings. The largest absolute Gasteiger partial charge is 0.332 e. The molecule has 1 amide bonds. The Balaban J connectivity index is 2.28. The Morgan fingerprint density at radius 2 is 1.83 bits per heavy atom. The van der Waals surface area contributed by atoms with Gasteiger partial charge in [0, 0.05) is 29.8 Å². The number of benzene rings is 2. The topological polar surface area (TPSA) is 63.5 Å². The number of carbonyl (C=O) groups excluding carboxylic acids is 1. The van der Waals surface area contributed by atoms with Crippen LogP contribution in [0.25, 0.3) is 0 Å². The van der Waals surface area contributed by atoms with Crippen molar-refractivity contribution in [3.05, 3.63) is 75.3 Å². The molecule has 0 saturated heterocycles. The number of nitro benzene ring substituents is 1. The van der Waals surface area contributed by atoms with E-state index < -0.39 is 4.92 Å². The van der Waals surface area contributed by atoms with Crippen molar-refractivity contribution in [1.29, 1.82) is 0 Å². The number of nitro groups is 1. The number of hydrogen-bond acceptors (Lipinski definition) is 3. The lowest BCUT2D eigenvalue weighted by molar-refractivity contribution is -0.385. The highest BCUT2D eigenvalue weighted by atomic mass is 16.6. The number of carbonyl (C=O) groups is 1. The van der Waals surface area contributed by atoms with Crippen molar-refractivity contribution in [2.75, 3.05) is 0 Å². The molecule has 2 aromatic rings. The molecule has 0 N–H and O–H groups in total. The van der Waals surface area contributed by atoms with Gasteiger partial charge in [0.05, 0.1) is 4.92 Å². The smallest absolute Gasteiger partial charge is 0.272 e. The quantitative estimate of drug-likeness (QED) is 0.620. The van der Waals surface area contributed by atoms with Crippen LogP contribution in [0.1, 0.15) is 35.3 Å². The SMILES string of the molecule is Cc1cc(C(=O)N(Cc2ccccc2)C(C)C)ccc1[N+](=O)[O-]. The fourth-order valence-electron chi connectivity index (χ4n) is 2.43. The molecule has 0 saturated carbocycles. The zero-order valence-electron chi connectivity index (χ0n) is 13.5. The number of amides is 1. The Morgan fingerprint density at radius 3 is 2.35 bits per heavy atom. The molecular formula is C18H20N2O3. The van der Waals surface area contributed by atoms with E-state index in [-0.39, 0.29) is 17.6 Å². The second-order valence-electron chi connectivity index (χ2n) is 5.77. The average molecular weight is 312 g/mol. The van der Waals surface area contributed by atoms with E-state index in [0.717, 1.165) is 5.56 Å². The van der Waals surface area contributed by atoms with Crippen molar-refractivity contribution < 1.29 is 9.72 Å². The first-order chi connectivity index (χ1) is 10.9. The highest BCUT2D eigenvalue weighted by Gasteiger charge is 2.21. The lowest BCUT2D eigenvalue weighted by Gasteiger charge is -2.27. The summed E-state index contributed by atoms with van der Waals surface area (Å²) in [6, 6.07) is 14.3. The zero-order valence-corrected chi connectivity index (χ0v) is 13.5. The van der Waals surface area contributed by atoms with Crippen LogP contribution in [-0.2, 0) is 6.54 Å². The zero-order chi connectivity index (χ0) is 17.0. The van der Waals surface area contributed by atoms with Gasteiger partial charge in [-0.15, -0.1) is 0 Å². The molecular weight excluding hydrogens is 292 g/mol. The lowest BCUT2D eigenvalue weighted by atomic mass is 10.1. The van der Waals surface area contributed by atoms with Gasteiger partial charge < -0.3 is 4.90 Å². The normalized spacial score (nSPS) is 10.6. The molecule has 0 radical (unpaired) electrons. The third-order valence-electron chi connectivity index (χ3n) is 3.72. The van der Waals surface area contributed by atoms with Crippen molar-refractivity contribution >= 4 is 11.6 Å². The standard InChI is InChI=1S/C18H20N2O3/c1-13(2)19(12-15-7-5-4-6-8-15)18(21)16-9-10-17(20(22)23)14(3)11-16/h4-11,13H,12H2,1-3H3. The first-order valence-corrected chi connectivity index (χ1v) is 7.50. The van der Waals surface area contributed by atoms with Gasteiger partial charge >= 0.3 is 0 Å². The van der Waals surface area contributed by atoms with Crippen LogP contribution in [0.2, 0.25) is 0 Å². The Hall–Kier alpha value is -2.69. The minimum Gasteiger partial charge on any atom is -0.332 e. The summed E-state index contributed by atoms with van der Waals surface area (Å²) < 4.78 is 0. The van der Waals surface area contributed by atoms with Crippen molar-refractivity contribution in [2.45, 2.75) is 33.4 Å². The van der Waals surface area contributed by atoms with Crippen LogP contribution in [0, 0.1) is 17.0 Å². The second kappa shape index (κ2) is 7.05. The molecule has 0 aliphatic rings. The minimum absolute atomic E-state index is 0.0261. The van der Waals surface area contributed by atoms with E-state index in [1.54, 1.807) is 17.9 Å². The van der Waals surface area contributed by atoms with Crippen LogP contribution in [0.3, 0.4) is 0 Å². The third kappa shape index (κ3) is 3.94. The molecule has 5 heteroatoms. The van der Waals surface area contributed by atoms with Crippen molar-refractivity contribution in [3.63, 3.8) is 0 Å². The molecule has 23 heavy (non-hydrogen) atoms. The van der Waals surface area contributed by atoms with E-state index in [1.165, 1.54) is 12.1 Å². The highest BCUT2D eigenvalue weighted by Crippen LogP contribution is 2.21. The van der Waals surface area contributed by atoms with Crippen molar-refractivity contribution in [2.24, 2.45) is 0 Å². The fourth-order valence-corrected chi connectivity index (χ4v) is 2.43. The second-order valence-corrected chi connectivity index (χ2v) is 5.77. The Labute approximate surface area is 135 Å². The van der Waals surface area contributed by atoms with Gasteiger partial charge in [0.1, 0.15) is 0 Å². The molecule has 2 aromatic carbocycles. The fraction of sp³-hybridized carbons (Fsp3) is 0.278. The van der Waals surface area contributed by atoms with Gasteiger partial charge in [-0.3, -0.25) is 14.9 Å². The monoisotopic (exact) mass is 312 g/mol. The van der Waals surface area contributed by atoms with Crippen LogP contribution in [0.5, 0.6) is 0 Å². The molecule has 0 spiro atoms. The van der Waals surface area contributed by atoms with E-state index in [4.69, 9.17) is 0 Å². The van der Waals surface area contributed by atoms with Gasteiger partial charge in [-0.2, -0.15) is 0 Å². The van der Waals surface area contributed by atoms with E-state index in [1.807, 2.05) is 44.2 Å². The minimum atomic E-state index is -0.437. The van der Waals surface area contributed by atoms with Crippen LogP contribution >= 0.6 is 0 Å². The molecule has 0 aromatic heterocycles. The molecule has 5 nitrogen and oxygen atoms in total. The summed E-state index contributed by atoms with van der Waals surface area (Å²) in [5.74, 6) is -0.123. The van der Waals surface area contributed by atoms with E-state index in [9.17, 15) is 14.9 Å². The number of hydrogen-bond donors (Lipinski definition) is 0. The highest BCUT2D eigenvalue weighted by molar-refractivity contribution is 5.95. The number of aryl methyl sites for hydroxylation is 1. The molecule has 0 unspecified atom stereocenters. The molecule has 0 aliphatic carbocycles. The average Bonchev–Trinajstić information content (AvgIpc) is 2.52. The Morgan fingerprint density at radius 1 is 1.17 bits per heavy atom. The molecule has 2 rings (SSSR count). The number of rotatable bonds is 5. The summed E-state index contributed by atoms with van der Waals surface area (Å²) >= 11 is 0. The summed E-state index contributed by atoms with van der Waals surface area (Å²) in [4.78, 5) is 25.0. The Kier molecular flexibility index (Phi) is 5.11. The van der Waals surface area contributed by atoms with Gasteiger partial charge in [0.25, 0.3) is 11.6 Å². The van der Waals surface area contributed by atoms with Crippen molar-refractivity contribution in [3.8, 4) is 0 Å². The van der Waals surface area contributed by atoms with Crippen LogP contribution in [-0.4, -0.2) is 21.8 Å². The number of nitrogens with zero attached hydrogens (tertiary/aromatic N) is 2. The molecule has 0 heterocycles. The van der Waals surface area contributed by atoms with Crippen LogP contribution < -0.4 is 0 Å². The van der Waals surface area contributed by atoms with Crippen LogP contribution in [0.15, 0.2) is 48.5 Å². The maximum atomic E-state index is 12.8. The first-order valence-electron chi connectivity index (χ1n) is 7.50. The third-order valence-corrected chi connectivity index (χ3v) is 3.72. The van der Waals surface area contributed by atoms with E-state index in [0.29, 0.717) is 17.7 Å². The predicted octanol–water partition coefficient (Wildman–Crippen LogP) is 3.95. The van der Waals surface area contributed by atoms with Gasteiger partial charge in [-0.05, 0) is 38.5 Å². The van der Waals surface area contributed by atoms with Gasteiger partial charge in [-0.25, -0.2) is 0 Å². The summed E-state index contributed by atoms with van der Waals surface area (Å²) in [6.07, 6.45) is 0. The molecule has 120 valence electrons. The summed E-state index contributed by atoms with van der Waals surface area (Å²) in [5, 5.41) is 10.9. The van der Waals surface area contributed by atoms with Gasteiger partial charge in [-0.1, -0.05) is 30.3 Å². The van der Waals surface area contributed by atoms with Gasteiger partial charge in [0.15, 0.2) is 0 Å². The molecule has 0 atom stereocenters. The maximum Gasteiger partial charge on any atom is 0.272 e. The predicted molar refractivity (Wildman–Crippen MR) is 89.3 cm³/mol. The first kappa shape index (κ1) is 16.7. The van der Waals surface area contributed by atoms with E-state index >= 15 is 0 Å².